The Bertz CT molecular complexity index is 1020. The normalized spacial score (nSPS) is 24.3. The molecule has 174 valence electrons. The molecule has 2 saturated carbocycles. The highest BCUT2D eigenvalue weighted by molar-refractivity contribution is 5.46. The topological polar surface area (TPSA) is 18.5 Å². The Hall–Kier alpha value is -2.64. The fourth-order valence-electron chi connectivity index (χ4n) is 5.42. The van der Waals surface area contributed by atoms with Gasteiger partial charge in [0.1, 0.15) is 12.4 Å². The highest BCUT2D eigenvalue weighted by Crippen LogP contribution is 2.47. The van der Waals surface area contributed by atoms with E-state index in [0.717, 1.165) is 45.1 Å². The summed E-state index contributed by atoms with van der Waals surface area (Å²) in [6.45, 7) is 6.85. The molecule has 0 aliphatic heterocycles. The molecule has 2 aromatic carbocycles. The Morgan fingerprint density at radius 3 is 2.45 bits per heavy atom. The molecule has 4 atom stereocenters. The monoisotopic (exact) mass is 450 g/mol. The van der Waals surface area contributed by atoms with Gasteiger partial charge in [-0.05, 0) is 99.1 Å². The molecule has 0 N–H and O–H groups in total. The van der Waals surface area contributed by atoms with E-state index in [9.17, 15) is 4.39 Å². The van der Waals surface area contributed by atoms with Gasteiger partial charge in [0, 0.05) is 12.2 Å². The molecule has 0 radical (unpaired) electrons. The minimum Gasteiger partial charge on any atom is -0.490 e. The average molecular weight is 451 g/mol. The molecular formula is C29H32F2O2. The molecule has 0 saturated heterocycles. The van der Waals surface area contributed by atoms with Gasteiger partial charge in [-0.15, -0.1) is 0 Å². The van der Waals surface area contributed by atoms with Gasteiger partial charge in [-0.3, -0.25) is 0 Å². The van der Waals surface area contributed by atoms with Gasteiger partial charge in [-0.25, -0.2) is 8.78 Å². The molecule has 4 heteroatoms. The van der Waals surface area contributed by atoms with Crippen molar-refractivity contribution in [3.05, 3.63) is 77.4 Å². The minimum atomic E-state index is -0.840. The smallest absolute Gasteiger partial charge is 0.174 e. The lowest BCUT2D eigenvalue weighted by Gasteiger charge is -2.42. The van der Waals surface area contributed by atoms with Crippen LogP contribution in [0.3, 0.4) is 0 Å². The van der Waals surface area contributed by atoms with Crippen molar-refractivity contribution in [1.82, 2.24) is 0 Å². The summed E-state index contributed by atoms with van der Waals surface area (Å²) >= 11 is 0. The standard InChI is InChI=1S/C29H32F2O2/c1-3-17-33-25-13-6-20(7-14-25)5-8-21-12-16-27(29(31)28(21)30)24-10-9-23-19-26(32-4-2)15-11-22(23)18-24/h3,6-7,12-14,16,22-24,26H,1,4,9-11,15,17-19H2,2H3. The predicted molar refractivity (Wildman–Crippen MR) is 127 cm³/mol. The molecule has 4 unspecified atom stereocenters. The molecule has 2 aliphatic rings. The second-order valence-electron chi connectivity index (χ2n) is 9.12. The SMILES string of the molecule is C=CCOc1ccc(C#Cc2ccc(C3CCC4CC(OCC)CCC4C3)c(F)c2F)cc1. The summed E-state index contributed by atoms with van der Waals surface area (Å²) in [6, 6.07) is 10.6. The Balaban J connectivity index is 1.43. The van der Waals surface area contributed by atoms with Crippen LogP contribution in [0.2, 0.25) is 0 Å². The first-order valence-corrected chi connectivity index (χ1v) is 12.0. The zero-order valence-electron chi connectivity index (χ0n) is 19.3. The second-order valence-corrected chi connectivity index (χ2v) is 9.12. The molecule has 4 rings (SSSR count). The molecule has 2 fully saturated rings. The number of ether oxygens (including phenoxy) is 2. The minimum absolute atomic E-state index is 0.0783. The summed E-state index contributed by atoms with van der Waals surface area (Å²) in [6.07, 6.45) is 8.26. The average Bonchev–Trinajstić information content (AvgIpc) is 2.84. The van der Waals surface area contributed by atoms with Crippen LogP contribution < -0.4 is 4.74 Å². The molecule has 2 aromatic rings. The molecule has 2 nitrogen and oxygen atoms in total. The van der Waals surface area contributed by atoms with Crippen LogP contribution in [0.4, 0.5) is 8.78 Å². The van der Waals surface area contributed by atoms with Crippen molar-refractivity contribution in [2.75, 3.05) is 13.2 Å². The number of hydrogen-bond acceptors (Lipinski definition) is 2. The summed E-state index contributed by atoms with van der Waals surface area (Å²) in [4.78, 5) is 0. The van der Waals surface area contributed by atoms with Crippen molar-refractivity contribution in [3.63, 3.8) is 0 Å². The third-order valence-corrected chi connectivity index (χ3v) is 7.08. The van der Waals surface area contributed by atoms with Crippen LogP contribution in [0.25, 0.3) is 0 Å². The maximum absolute atomic E-state index is 15.0. The fourth-order valence-corrected chi connectivity index (χ4v) is 5.42. The van der Waals surface area contributed by atoms with Crippen molar-refractivity contribution in [3.8, 4) is 17.6 Å². The molecule has 0 amide bonds. The molecular weight excluding hydrogens is 418 g/mol. The van der Waals surface area contributed by atoms with Crippen molar-refractivity contribution in [2.45, 2.75) is 57.5 Å². The Kier molecular flexibility index (Phi) is 7.83. The third-order valence-electron chi connectivity index (χ3n) is 7.08. The van der Waals surface area contributed by atoms with Crippen LogP contribution in [0.15, 0.2) is 49.1 Å². The van der Waals surface area contributed by atoms with E-state index >= 15 is 4.39 Å². The van der Waals surface area contributed by atoms with E-state index in [1.165, 1.54) is 0 Å². The van der Waals surface area contributed by atoms with Gasteiger partial charge in [0.2, 0.25) is 0 Å². The second kappa shape index (κ2) is 11.0. The lowest BCUT2D eigenvalue weighted by Crippen LogP contribution is -2.34. The number of halogens is 2. The summed E-state index contributed by atoms with van der Waals surface area (Å²) in [7, 11) is 0. The molecule has 0 heterocycles. The molecule has 0 aromatic heterocycles. The van der Waals surface area contributed by atoms with Gasteiger partial charge in [0.15, 0.2) is 11.6 Å². The highest BCUT2D eigenvalue weighted by Gasteiger charge is 2.37. The predicted octanol–water partition coefficient (Wildman–Crippen LogP) is 7.02. The van der Waals surface area contributed by atoms with E-state index in [-0.39, 0.29) is 11.5 Å². The van der Waals surface area contributed by atoms with Crippen LogP contribution in [0.1, 0.15) is 68.1 Å². The zero-order valence-corrected chi connectivity index (χ0v) is 19.3. The number of benzene rings is 2. The van der Waals surface area contributed by atoms with E-state index in [1.807, 2.05) is 6.92 Å². The van der Waals surface area contributed by atoms with Crippen LogP contribution in [0.5, 0.6) is 5.75 Å². The molecule has 0 bridgehead atoms. The van der Waals surface area contributed by atoms with E-state index in [4.69, 9.17) is 9.47 Å². The van der Waals surface area contributed by atoms with Crippen LogP contribution in [-0.4, -0.2) is 19.3 Å². The van der Waals surface area contributed by atoms with Gasteiger partial charge in [0.05, 0.1) is 11.7 Å². The first-order valence-electron chi connectivity index (χ1n) is 12.0. The Labute approximate surface area is 196 Å². The molecule has 2 aliphatic carbocycles. The van der Waals surface area contributed by atoms with Gasteiger partial charge < -0.3 is 9.47 Å². The first-order chi connectivity index (χ1) is 16.1. The maximum atomic E-state index is 15.0. The van der Waals surface area contributed by atoms with Gasteiger partial charge in [-0.2, -0.15) is 0 Å². The summed E-state index contributed by atoms with van der Waals surface area (Å²) in [5.41, 5.74) is 1.31. The van der Waals surface area contributed by atoms with Crippen molar-refractivity contribution < 1.29 is 18.3 Å². The quantitative estimate of drug-likeness (QED) is 0.348. The summed E-state index contributed by atoms with van der Waals surface area (Å²) < 4.78 is 41.2. The number of rotatable bonds is 6. The molecule has 33 heavy (non-hydrogen) atoms. The number of hydrogen-bond donors (Lipinski definition) is 0. The first kappa shape index (κ1) is 23.5. The molecule has 0 spiro atoms. The Morgan fingerprint density at radius 2 is 1.70 bits per heavy atom. The van der Waals surface area contributed by atoms with E-state index in [1.54, 1.807) is 42.5 Å². The third kappa shape index (κ3) is 5.65. The summed E-state index contributed by atoms with van der Waals surface area (Å²) in [5, 5.41) is 0. The number of fused-ring (bicyclic) bond motifs is 1. The largest absolute Gasteiger partial charge is 0.490 e. The van der Waals surface area contributed by atoms with Crippen molar-refractivity contribution in [1.29, 1.82) is 0 Å². The zero-order chi connectivity index (χ0) is 23.2. The van der Waals surface area contributed by atoms with Gasteiger partial charge >= 0.3 is 0 Å². The van der Waals surface area contributed by atoms with Crippen molar-refractivity contribution >= 4 is 0 Å². The van der Waals surface area contributed by atoms with Crippen LogP contribution in [-0.2, 0) is 4.74 Å². The fraction of sp³-hybridized carbons (Fsp3) is 0.448. The highest BCUT2D eigenvalue weighted by atomic mass is 19.2. The van der Waals surface area contributed by atoms with E-state index < -0.39 is 11.6 Å². The van der Waals surface area contributed by atoms with Crippen LogP contribution >= 0.6 is 0 Å². The van der Waals surface area contributed by atoms with E-state index in [0.29, 0.717) is 41.4 Å². The lowest BCUT2D eigenvalue weighted by molar-refractivity contribution is -0.00970. The van der Waals surface area contributed by atoms with E-state index in [2.05, 4.69) is 18.4 Å². The summed E-state index contributed by atoms with van der Waals surface area (Å²) in [5.74, 6) is 6.16. The lowest BCUT2D eigenvalue weighted by atomic mass is 9.65. The van der Waals surface area contributed by atoms with Gasteiger partial charge in [0.25, 0.3) is 0 Å². The van der Waals surface area contributed by atoms with Gasteiger partial charge in [-0.1, -0.05) is 30.6 Å². The maximum Gasteiger partial charge on any atom is 0.174 e. The van der Waals surface area contributed by atoms with Crippen molar-refractivity contribution in [2.24, 2.45) is 11.8 Å². The Morgan fingerprint density at radius 1 is 0.939 bits per heavy atom. The van der Waals surface area contributed by atoms with Crippen LogP contribution in [0, 0.1) is 35.3 Å².